The zero-order valence-corrected chi connectivity index (χ0v) is 14.6. The summed E-state index contributed by atoms with van der Waals surface area (Å²) in [5.41, 5.74) is 0.844. The van der Waals surface area contributed by atoms with Crippen LogP contribution in [0.4, 0.5) is 5.69 Å². The number of rotatable bonds is 6. The van der Waals surface area contributed by atoms with E-state index in [2.05, 4.69) is 26.1 Å². The lowest BCUT2D eigenvalue weighted by Crippen LogP contribution is -2.34. The second-order valence-electron chi connectivity index (χ2n) is 5.83. The van der Waals surface area contributed by atoms with Crippen molar-refractivity contribution in [3.05, 3.63) is 28.7 Å². The highest BCUT2D eigenvalue weighted by atomic mass is 79.9. The maximum atomic E-state index is 12.2. The summed E-state index contributed by atoms with van der Waals surface area (Å²) in [6.45, 7) is 2.05. The van der Waals surface area contributed by atoms with Gasteiger partial charge in [-0.05, 0) is 51.3 Å². The number of hydrogen-bond acceptors (Lipinski definition) is 3. The first kappa shape index (κ1) is 17.0. The Morgan fingerprint density at radius 2 is 2.05 bits per heavy atom. The minimum atomic E-state index is -0.254. The molecule has 1 heterocycles. The molecule has 1 aliphatic heterocycles. The molecule has 0 aliphatic carbocycles. The molecule has 1 unspecified atom stereocenters. The summed E-state index contributed by atoms with van der Waals surface area (Å²) in [5.74, 6) is -0.266. The molecule has 2 amide bonds. The van der Waals surface area contributed by atoms with Crippen LogP contribution in [0.3, 0.4) is 0 Å². The Hall–Kier alpha value is -1.40. The fourth-order valence-electron chi connectivity index (χ4n) is 2.50. The van der Waals surface area contributed by atoms with Crippen LogP contribution in [0.25, 0.3) is 0 Å². The molecule has 0 saturated carbocycles. The van der Waals surface area contributed by atoms with Gasteiger partial charge in [-0.25, -0.2) is 0 Å². The van der Waals surface area contributed by atoms with Gasteiger partial charge in [-0.3, -0.25) is 9.59 Å². The third-order valence-electron chi connectivity index (χ3n) is 3.72. The van der Waals surface area contributed by atoms with E-state index in [0.717, 1.165) is 23.1 Å². The average molecular weight is 368 g/mol. The Morgan fingerprint density at radius 1 is 1.36 bits per heavy atom. The van der Waals surface area contributed by atoms with E-state index in [1.807, 2.05) is 38.4 Å². The summed E-state index contributed by atoms with van der Waals surface area (Å²) in [5, 5.41) is 2.93. The number of halogens is 1. The minimum absolute atomic E-state index is 0.00997. The van der Waals surface area contributed by atoms with Gasteiger partial charge in [0.1, 0.15) is 0 Å². The summed E-state index contributed by atoms with van der Waals surface area (Å²) >= 11 is 3.38. The van der Waals surface area contributed by atoms with Crippen molar-refractivity contribution in [2.45, 2.75) is 12.8 Å². The van der Waals surface area contributed by atoms with Crippen molar-refractivity contribution in [2.75, 3.05) is 38.6 Å². The van der Waals surface area contributed by atoms with E-state index in [4.69, 9.17) is 0 Å². The molecule has 1 aliphatic rings. The predicted molar refractivity (Wildman–Crippen MR) is 90.8 cm³/mol. The number of hydrogen-bond donors (Lipinski definition) is 1. The van der Waals surface area contributed by atoms with Gasteiger partial charge in [-0.2, -0.15) is 0 Å². The molecular formula is C16H22BrN3O2. The largest absolute Gasteiger partial charge is 0.356 e. The third-order valence-corrected chi connectivity index (χ3v) is 4.24. The van der Waals surface area contributed by atoms with Crippen molar-refractivity contribution in [2.24, 2.45) is 5.92 Å². The van der Waals surface area contributed by atoms with Crippen molar-refractivity contribution in [3.63, 3.8) is 0 Å². The maximum absolute atomic E-state index is 12.2. The predicted octanol–water partition coefficient (Wildman–Crippen LogP) is 1.87. The molecule has 1 aromatic rings. The standard InChI is InChI=1S/C16H22BrN3O2/c1-19(2)9-3-8-18-16(22)12-10-15(21)20(11-12)14-6-4-13(17)5-7-14/h4-7,12H,3,8-11H2,1-2H3,(H,18,22). The number of anilines is 1. The normalized spacial score (nSPS) is 18.1. The first-order chi connectivity index (χ1) is 10.5. The number of nitrogens with one attached hydrogen (secondary N) is 1. The fourth-order valence-corrected chi connectivity index (χ4v) is 2.77. The Balaban J connectivity index is 1.86. The van der Waals surface area contributed by atoms with Crippen molar-refractivity contribution in [1.29, 1.82) is 0 Å². The minimum Gasteiger partial charge on any atom is -0.356 e. The summed E-state index contributed by atoms with van der Waals surface area (Å²) in [6, 6.07) is 7.58. The van der Waals surface area contributed by atoms with Crippen LogP contribution >= 0.6 is 15.9 Å². The first-order valence-electron chi connectivity index (χ1n) is 7.45. The summed E-state index contributed by atoms with van der Waals surface area (Å²) in [6.07, 6.45) is 1.20. The van der Waals surface area contributed by atoms with Crippen LogP contribution in [0.15, 0.2) is 28.7 Å². The van der Waals surface area contributed by atoms with Gasteiger partial charge >= 0.3 is 0 Å². The molecule has 1 N–H and O–H groups in total. The van der Waals surface area contributed by atoms with Crippen molar-refractivity contribution in [3.8, 4) is 0 Å². The molecule has 1 aromatic carbocycles. The molecule has 6 heteroatoms. The Kier molecular flexibility index (Phi) is 5.97. The molecule has 2 rings (SSSR count). The molecule has 1 atom stereocenters. The quantitative estimate of drug-likeness (QED) is 0.780. The summed E-state index contributed by atoms with van der Waals surface area (Å²) in [7, 11) is 4.01. The van der Waals surface area contributed by atoms with Crippen LogP contribution in [-0.2, 0) is 9.59 Å². The van der Waals surface area contributed by atoms with Crippen molar-refractivity contribution >= 4 is 33.4 Å². The van der Waals surface area contributed by atoms with Gasteiger partial charge < -0.3 is 15.1 Å². The monoisotopic (exact) mass is 367 g/mol. The van der Waals surface area contributed by atoms with E-state index < -0.39 is 0 Å². The number of amides is 2. The molecule has 22 heavy (non-hydrogen) atoms. The SMILES string of the molecule is CN(C)CCCNC(=O)C1CC(=O)N(c2ccc(Br)cc2)C1. The molecule has 1 saturated heterocycles. The summed E-state index contributed by atoms with van der Waals surface area (Å²) < 4.78 is 0.970. The van der Waals surface area contributed by atoms with Crippen LogP contribution in [0.1, 0.15) is 12.8 Å². The van der Waals surface area contributed by atoms with Crippen LogP contribution in [-0.4, -0.2) is 50.4 Å². The van der Waals surface area contributed by atoms with Crippen LogP contribution in [0.5, 0.6) is 0 Å². The van der Waals surface area contributed by atoms with E-state index in [1.54, 1.807) is 4.90 Å². The lowest BCUT2D eigenvalue weighted by molar-refractivity contribution is -0.126. The van der Waals surface area contributed by atoms with Crippen molar-refractivity contribution in [1.82, 2.24) is 10.2 Å². The molecule has 0 aromatic heterocycles. The zero-order chi connectivity index (χ0) is 16.1. The average Bonchev–Trinajstić information content (AvgIpc) is 2.86. The summed E-state index contributed by atoms with van der Waals surface area (Å²) in [4.78, 5) is 28.1. The second kappa shape index (κ2) is 7.74. The second-order valence-corrected chi connectivity index (χ2v) is 6.75. The smallest absolute Gasteiger partial charge is 0.227 e. The van der Waals surface area contributed by atoms with Crippen LogP contribution in [0.2, 0.25) is 0 Å². The van der Waals surface area contributed by atoms with E-state index >= 15 is 0 Å². The lowest BCUT2D eigenvalue weighted by Gasteiger charge is -2.17. The maximum Gasteiger partial charge on any atom is 0.227 e. The van der Waals surface area contributed by atoms with E-state index in [1.165, 1.54) is 0 Å². The molecular weight excluding hydrogens is 346 g/mol. The topological polar surface area (TPSA) is 52.7 Å². The number of carbonyl (C=O) groups is 2. The van der Waals surface area contributed by atoms with Crippen LogP contribution < -0.4 is 10.2 Å². The highest BCUT2D eigenvalue weighted by Crippen LogP contribution is 2.26. The fraction of sp³-hybridized carbons (Fsp3) is 0.500. The molecule has 0 radical (unpaired) electrons. The Morgan fingerprint density at radius 3 is 2.68 bits per heavy atom. The Bertz CT molecular complexity index is 531. The van der Waals surface area contributed by atoms with Gasteiger partial charge in [0.15, 0.2) is 0 Å². The van der Waals surface area contributed by atoms with E-state index in [0.29, 0.717) is 13.1 Å². The van der Waals surface area contributed by atoms with Gasteiger partial charge in [-0.15, -0.1) is 0 Å². The first-order valence-corrected chi connectivity index (χ1v) is 8.25. The third kappa shape index (κ3) is 4.55. The molecule has 0 bridgehead atoms. The van der Waals surface area contributed by atoms with Gasteiger partial charge in [-0.1, -0.05) is 15.9 Å². The van der Waals surface area contributed by atoms with E-state index in [9.17, 15) is 9.59 Å². The molecule has 5 nitrogen and oxygen atoms in total. The van der Waals surface area contributed by atoms with Crippen LogP contribution in [0, 0.1) is 5.92 Å². The number of carbonyl (C=O) groups excluding carboxylic acids is 2. The Labute approximate surface area is 139 Å². The lowest BCUT2D eigenvalue weighted by atomic mass is 10.1. The van der Waals surface area contributed by atoms with Crippen molar-refractivity contribution < 1.29 is 9.59 Å². The van der Waals surface area contributed by atoms with Gasteiger partial charge in [0.25, 0.3) is 0 Å². The highest BCUT2D eigenvalue weighted by Gasteiger charge is 2.34. The zero-order valence-electron chi connectivity index (χ0n) is 13.0. The van der Waals surface area contributed by atoms with Gasteiger partial charge in [0.05, 0.1) is 5.92 Å². The molecule has 120 valence electrons. The number of benzene rings is 1. The van der Waals surface area contributed by atoms with E-state index in [-0.39, 0.29) is 24.2 Å². The number of nitrogens with zero attached hydrogens (tertiary/aromatic N) is 2. The molecule has 1 fully saturated rings. The van der Waals surface area contributed by atoms with Gasteiger partial charge in [0, 0.05) is 29.7 Å². The molecule has 0 spiro atoms. The highest BCUT2D eigenvalue weighted by molar-refractivity contribution is 9.10. The van der Waals surface area contributed by atoms with Gasteiger partial charge in [0.2, 0.25) is 11.8 Å².